The third-order valence-corrected chi connectivity index (χ3v) is 3.72. The second-order valence-electron chi connectivity index (χ2n) is 6.05. The summed E-state index contributed by atoms with van der Waals surface area (Å²) in [5.74, 6) is 0. The molecule has 0 amide bonds. The van der Waals surface area contributed by atoms with Crippen LogP contribution in [0, 0.1) is 27.7 Å². The lowest BCUT2D eigenvalue weighted by molar-refractivity contribution is 1.35. The number of hydrogen-bond donors (Lipinski definition) is 0. The Balaban J connectivity index is 2.52. The maximum atomic E-state index is 4.45. The fraction of sp³-hybridized carbons (Fsp3) is 0.238. The van der Waals surface area contributed by atoms with Gasteiger partial charge < -0.3 is 0 Å². The normalized spacial score (nSPS) is 12.4. The van der Waals surface area contributed by atoms with E-state index in [1.54, 1.807) is 0 Å². The summed E-state index contributed by atoms with van der Waals surface area (Å²) in [6.45, 7) is 12.1. The van der Waals surface area contributed by atoms with Crippen LogP contribution in [-0.4, -0.2) is 19.5 Å². The van der Waals surface area contributed by atoms with Crippen molar-refractivity contribution in [2.75, 3.05) is 7.05 Å². The lowest BCUT2D eigenvalue weighted by atomic mass is 10.0. The van der Waals surface area contributed by atoms with Crippen LogP contribution in [0.1, 0.15) is 33.4 Å². The molecule has 0 radical (unpaired) electrons. The van der Waals surface area contributed by atoms with Gasteiger partial charge in [0.25, 0.3) is 0 Å². The van der Waals surface area contributed by atoms with Crippen LogP contribution in [-0.2, 0) is 0 Å². The second kappa shape index (κ2) is 7.19. The van der Waals surface area contributed by atoms with Crippen LogP contribution in [0.4, 0.5) is 0 Å². The first kappa shape index (κ1) is 16.9. The Morgan fingerprint density at radius 2 is 1.22 bits per heavy atom. The fourth-order valence-electron chi connectivity index (χ4n) is 2.87. The number of nitrogens with zero attached hydrogens (tertiary/aromatic N) is 2. The number of rotatable bonds is 4. The Bertz CT molecular complexity index is 755. The van der Waals surface area contributed by atoms with Crippen molar-refractivity contribution in [2.45, 2.75) is 27.7 Å². The molecule has 0 saturated carbocycles. The Labute approximate surface area is 139 Å². The van der Waals surface area contributed by atoms with E-state index in [-0.39, 0.29) is 0 Å². The first-order valence-electron chi connectivity index (χ1n) is 7.75. The Kier molecular flexibility index (Phi) is 5.28. The molecule has 0 aliphatic carbocycles. The van der Waals surface area contributed by atoms with Gasteiger partial charge in [0.15, 0.2) is 0 Å². The average Bonchev–Trinajstić information content (AvgIpc) is 2.46. The van der Waals surface area contributed by atoms with Crippen LogP contribution in [0.5, 0.6) is 0 Å². The predicted molar refractivity (Wildman–Crippen MR) is 102 cm³/mol. The summed E-state index contributed by atoms with van der Waals surface area (Å²) in [5, 5.41) is 0. The Morgan fingerprint density at radius 1 is 0.783 bits per heavy atom. The minimum atomic E-state index is 0.844. The van der Waals surface area contributed by atoms with Crippen molar-refractivity contribution in [3.63, 3.8) is 0 Å². The molecule has 0 atom stereocenters. The molecule has 0 fully saturated rings. The minimum Gasteiger partial charge on any atom is -0.288 e. The molecule has 0 bridgehead atoms. The van der Waals surface area contributed by atoms with Crippen molar-refractivity contribution >= 4 is 18.1 Å². The molecule has 0 N–H and O–H groups in total. The van der Waals surface area contributed by atoms with E-state index < -0.39 is 0 Å². The second-order valence-corrected chi connectivity index (χ2v) is 6.05. The summed E-state index contributed by atoms with van der Waals surface area (Å²) in [6, 6.07) is 12.9. The van der Waals surface area contributed by atoms with E-state index >= 15 is 0 Å². The largest absolute Gasteiger partial charge is 0.288 e. The van der Waals surface area contributed by atoms with Crippen LogP contribution in [0.25, 0.3) is 5.70 Å². The van der Waals surface area contributed by atoms with Gasteiger partial charge in [0, 0.05) is 18.2 Å². The van der Waals surface area contributed by atoms with Crippen molar-refractivity contribution in [2.24, 2.45) is 9.98 Å². The Morgan fingerprint density at radius 3 is 1.61 bits per heavy atom. The van der Waals surface area contributed by atoms with E-state index in [0.717, 1.165) is 22.5 Å². The van der Waals surface area contributed by atoms with Crippen molar-refractivity contribution in [3.05, 3.63) is 75.9 Å². The summed E-state index contributed by atoms with van der Waals surface area (Å²) in [5.41, 5.74) is 8.84. The third kappa shape index (κ3) is 4.26. The zero-order chi connectivity index (χ0) is 17.0. The number of benzene rings is 2. The summed E-state index contributed by atoms with van der Waals surface area (Å²) in [4.78, 5) is 8.68. The molecule has 2 nitrogen and oxygen atoms in total. The summed E-state index contributed by atoms with van der Waals surface area (Å²) < 4.78 is 0. The molecule has 0 saturated heterocycles. The smallest absolute Gasteiger partial charge is 0.0716 e. The molecule has 2 rings (SSSR count). The predicted octanol–water partition coefficient (Wildman–Crippen LogP) is 5.08. The Hall–Kier alpha value is -2.48. The van der Waals surface area contributed by atoms with Gasteiger partial charge in [-0.2, -0.15) is 0 Å². The minimum absolute atomic E-state index is 0.844. The van der Waals surface area contributed by atoms with E-state index in [1.807, 2.05) is 13.1 Å². The highest BCUT2D eigenvalue weighted by molar-refractivity contribution is 6.12. The first-order chi connectivity index (χ1) is 10.9. The first-order valence-corrected chi connectivity index (χ1v) is 7.75. The molecule has 0 spiro atoms. The van der Waals surface area contributed by atoms with Gasteiger partial charge in [0.2, 0.25) is 0 Å². The molecule has 0 aromatic heterocycles. The van der Waals surface area contributed by atoms with E-state index in [1.165, 1.54) is 22.3 Å². The van der Waals surface area contributed by atoms with E-state index in [0.29, 0.717) is 0 Å². The molecule has 23 heavy (non-hydrogen) atoms. The SMILES string of the molecule is C=N/C(=C\C(=NC)c1cc(C)cc(C)c1)c1cc(C)cc(C)c1. The molecule has 2 heteroatoms. The highest BCUT2D eigenvalue weighted by Crippen LogP contribution is 2.21. The quantitative estimate of drug-likeness (QED) is 0.704. The van der Waals surface area contributed by atoms with Crippen LogP contribution >= 0.6 is 0 Å². The molecule has 0 unspecified atom stereocenters. The van der Waals surface area contributed by atoms with E-state index in [2.05, 4.69) is 80.8 Å². The van der Waals surface area contributed by atoms with Gasteiger partial charge in [0.05, 0.1) is 11.4 Å². The highest BCUT2D eigenvalue weighted by atomic mass is 14.7. The van der Waals surface area contributed by atoms with Crippen LogP contribution in [0.3, 0.4) is 0 Å². The topological polar surface area (TPSA) is 24.7 Å². The molecule has 2 aromatic carbocycles. The molecule has 0 aliphatic heterocycles. The zero-order valence-corrected chi connectivity index (χ0v) is 14.6. The van der Waals surface area contributed by atoms with Crippen LogP contribution in [0.2, 0.25) is 0 Å². The molecule has 118 valence electrons. The third-order valence-electron chi connectivity index (χ3n) is 3.72. The number of aryl methyl sites for hydroxylation is 4. The van der Waals surface area contributed by atoms with Gasteiger partial charge in [-0.25, -0.2) is 0 Å². The molecular formula is C21H24N2. The summed E-state index contributed by atoms with van der Waals surface area (Å²) in [6.07, 6.45) is 2.01. The zero-order valence-electron chi connectivity index (χ0n) is 14.6. The van der Waals surface area contributed by atoms with Crippen molar-refractivity contribution < 1.29 is 0 Å². The van der Waals surface area contributed by atoms with E-state index in [4.69, 9.17) is 0 Å². The number of aliphatic imine (C=N–C) groups is 2. The van der Waals surface area contributed by atoms with Gasteiger partial charge in [-0.3, -0.25) is 9.98 Å². The van der Waals surface area contributed by atoms with Crippen LogP contribution in [0.15, 0.2) is 52.5 Å². The average molecular weight is 304 g/mol. The molecule has 0 heterocycles. The van der Waals surface area contributed by atoms with Crippen LogP contribution < -0.4 is 0 Å². The van der Waals surface area contributed by atoms with E-state index in [9.17, 15) is 0 Å². The highest BCUT2D eigenvalue weighted by Gasteiger charge is 2.06. The summed E-state index contributed by atoms with van der Waals surface area (Å²) in [7, 11) is 1.81. The lowest BCUT2D eigenvalue weighted by Gasteiger charge is -2.09. The lowest BCUT2D eigenvalue weighted by Crippen LogP contribution is -2.00. The summed E-state index contributed by atoms with van der Waals surface area (Å²) >= 11 is 0. The van der Waals surface area contributed by atoms with Gasteiger partial charge in [-0.1, -0.05) is 34.4 Å². The number of allylic oxidation sites excluding steroid dienone is 1. The van der Waals surface area contributed by atoms with Gasteiger partial charge in [-0.05, 0) is 64.8 Å². The number of hydrogen-bond acceptors (Lipinski definition) is 2. The standard InChI is InChI=1S/C21H24N2/c1-14-7-15(2)10-18(9-14)20(22-5)13-21(23-6)19-11-16(3)8-17(4)12-19/h7-13H,5H2,1-4,6H3/b20-13-,23-21?. The van der Waals surface area contributed by atoms with Crippen molar-refractivity contribution in [1.29, 1.82) is 0 Å². The maximum Gasteiger partial charge on any atom is 0.0716 e. The monoisotopic (exact) mass is 304 g/mol. The maximum absolute atomic E-state index is 4.45. The van der Waals surface area contributed by atoms with Crippen molar-refractivity contribution in [1.82, 2.24) is 0 Å². The van der Waals surface area contributed by atoms with Gasteiger partial charge >= 0.3 is 0 Å². The van der Waals surface area contributed by atoms with Gasteiger partial charge in [-0.15, -0.1) is 0 Å². The molecule has 2 aromatic rings. The van der Waals surface area contributed by atoms with Crippen molar-refractivity contribution in [3.8, 4) is 0 Å². The molecule has 0 aliphatic rings. The molecular weight excluding hydrogens is 280 g/mol. The fourth-order valence-corrected chi connectivity index (χ4v) is 2.87. The van der Waals surface area contributed by atoms with Gasteiger partial charge in [0.1, 0.15) is 0 Å².